The van der Waals surface area contributed by atoms with Crippen LogP contribution in [0, 0.1) is 0 Å². The van der Waals surface area contributed by atoms with E-state index in [1.165, 1.54) is 32.8 Å². The molecular formula is C58H38N2O. The van der Waals surface area contributed by atoms with Gasteiger partial charge < -0.3 is 13.9 Å². The summed E-state index contributed by atoms with van der Waals surface area (Å²) in [6.07, 6.45) is 0. The van der Waals surface area contributed by atoms with Gasteiger partial charge in [0, 0.05) is 38.7 Å². The summed E-state index contributed by atoms with van der Waals surface area (Å²) in [7, 11) is 0. The van der Waals surface area contributed by atoms with Crippen molar-refractivity contribution in [3.05, 3.63) is 231 Å². The maximum Gasteiger partial charge on any atom is 0.145 e. The Morgan fingerprint density at radius 3 is 1.79 bits per heavy atom. The minimum Gasteiger partial charge on any atom is -0.455 e. The highest BCUT2D eigenvalue weighted by atomic mass is 16.3. The molecule has 0 atom stereocenters. The van der Waals surface area contributed by atoms with Gasteiger partial charge in [0.1, 0.15) is 11.2 Å². The molecule has 0 unspecified atom stereocenters. The highest BCUT2D eigenvalue weighted by Crippen LogP contribution is 2.50. The van der Waals surface area contributed by atoms with Gasteiger partial charge in [-0.15, -0.1) is 0 Å². The first-order valence-corrected chi connectivity index (χ1v) is 20.8. The van der Waals surface area contributed by atoms with E-state index in [-0.39, 0.29) is 0 Å². The fourth-order valence-corrected chi connectivity index (χ4v) is 9.40. The van der Waals surface area contributed by atoms with Gasteiger partial charge in [-0.3, -0.25) is 0 Å². The van der Waals surface area contributed by atoms with Gasteiger partial charge in [-0.2, -0.15) is 0 Å². The number of benzene rings is 10. The number of anilines is 3. The van der Waals surface area contributed by atoms with Crippen LogP contribution in [0.2, 0.25) is 0 Å². The molecule has 0 aliphatic carbocycles. The van der Waals surface area contributed by atoms with Gasteiger partial charge in [0.2, 0.25) is 0 Å². The average Bonchev–Trinajstić information content (AvgIpc) is 3.90. The van der Waals surface area contributed by atoms with Crippen LogP contribution in [0.4, 0.5) is 17.1 Å². The van der Waals surface area contributed by atoms with Gasteiger partial charge in [-0.1, -0.05) is 170 Å². The van der Waals surface area contributed by atoms with Crippen molar-refractivity contribution < 1.29 is 4.42 Å². The molecule has 3 nitrogen and oxygen atoms in total. The zero-order valence-electron chi connectivity index (χ0n) is 33.2. The lowest BCUT2D eigenvalue weighted by Gasteiger charge is -2.29. The molecule has 0 saturated heterocycles. The van der Waals surface area contributed by atoms with Gasteiger partial charge >= 0.3 is 0 Å². The summed E-state index contributed by atoms with van der Waals surface area (Å²) >= 11 is 0. The second-order valence-electron chi connectivity index (χ2n) is 15.6. The number of fused-ring (bicyclic) bond motifs is 8. The van der Waals surface area contributed by atoms with Gasteiger partial charge in [-0.05, 0) is 93.7 Å². The van der Waals surface area contributed by atoms with Crippen LogP contribution < -0.4 is 4.90 Å². The van der Waals surface area contributed by atoms with Gasteiger partial charge in [-0.25, -0.2) is 0 Å². The van der Waals surface area contributed by atoms with Crippen molar-refractivity contribution in [1.29, 1.82) is 0 Å². The van der Waals surface area contributed by atoms with E-state index in [0.29, 0.717) is 0 Å². The van der Waals surface area contributed by atoms with Crippen molar-refractivity contribution in [2.75, 3.05) is 4.90 Å². The minimum atomic E-state index is 0.855. The molecular weight excluding hydrogens is 741 g/mol. The Morgan fingerprint density at radius 2 is 0.984 bits per heavy atom. The minimum absolute atomic E-state index is 0.855. The number of rotatable bonds is 7. The van der Waals surface area contributed by atoms with E-state index in [2.05, 4.69) is 240 Å². The smallest absolute Gasteiger partial charge is 0.145 e. The van der Waals surface area contributed by atoms with Gasteiger partial charge in [0.05, 0.1) is 27.8 Å². The maximum absolute atomic E-state index is 7.15. The monoisotopic (exact) mass is 778 g/mol. The van der Waals surface area contributed by atoms with Crippen LogP contribution >= 0.6 is 0 Å². The SMILES string of the molecule is c1ccc(-c2ccc(N(c3ccccc3-c3ccccc3)c3ccc(-c4ccc5c6ccccc6n(-c6ccccc6)c5c4)c4oc5ccc6ccccc6c5c34)cc2)cc1. The third kappa shape index (κ3) is 5.74. The Hall–Kier alpha value is -8.14. The van der Waals surface area contributed by atoms with Crippen LogP contribution in [-0.2, 0) is 0 Å². The maximum atomic E-state index is 7.15. The largest absolute Gasteiger partial charge is 0.455 e. The molecule has 0 aliphatic rings. The lowest BCUT2D eigenvalue weighted by molar-refractivity contribution is 0.670. The Bertz CT molecular complexity index is 3570. The third-order valence-electron chi connectivity index (χ3n) is 12.2. The van der Waals surface area contributed by atoms with Crippen LogP contribution in [0.1, 0.15) is 0 Å². The molecule has 0 radical (unpaired) electrons. The van der Waals surface area contributed by atoms with Crippen LogP contribution in [0.15, 0.2) is 235 Å². The lowest BCUT2D eigenvalue weighted by atomic mass is 9.96. The van der Waals surface area contributed by atoms with E-state index in [0.717, 1.165) is 77.8 Å². The first kappa shape index (κ1) is 34.9. The van der Waals surface area contributed by atoms with Crippen molar-refractivity contribution in [2.24, 2.45) is 0 Å². The second-order valence-corrected chi connectivity index (χ2v) is 15.6. The van der Waals surface area contributed by atoms with Crippen molar-refractivity contribution >= 4 is 71.6 Å². The number of furan rings is 1. The summed E-state index contributed by atoms with van der Waals surface area (Å²) in [5, 5.41) is 6.96. The van der Waals surface area contributed by atoms with Crippen molar-refractivity contribution in [3.8, 4) is 39.1 Å². The molecule has 0 aliphatic heterocycles. The first-order chi connectivity index (χ1) is 30.3. The third-order valence-corrected chi connectivity index (χ3v) is 12.2. The molecule has 12 rings (SSSR count). The predicted molar refractivity (Wildman–Crippen MR) is 257 cm³/mol. The number of hydrogen-bond acceptors (Lipinski definition) is 2. The fourth-order valence-electron chi connectivity index (χ4n) is 9.40. The highest BCUT2D eigenvalue weighted by molar-refractivity contribution is 6.25. The topological polar surface area (TPSA) is 21.3 Å². The van der Waals surface area contributed by atoms with E-state index < -0.39 is 0 Å². The Kier molecular flexibility index (Phi) is 8.17. The summed E-state index contributed by atoms with van der Waals surface area (Å²) in [4.78, 5) is 2.43. The lowest BCUT2D eigenvalue weighted by Crippen LogP contribution is -2.11. The van der Waals surface area contributed by atoms with Gasteiger partial charge in [0.25, 0.3) is 0 Å². The van der Waals surface area contributed by atoms with E-state index in [1.54, 1.807) is 0 Å². The molecule has 61 heavy (non-hydrogen) atoms. The molecule has 286 valence electrons. The molecule has 12 aromatic rings. The summed E-state index contributed by atoms with van der Waals surface area (Å²) in [6, 6.07) is 82.8. The van der Waals surface area contributed by atoms with E-state index >= 15 is 0 Å². The van der Waals surface area contributed by atoms with Crippen LogP contribution in [-0.4, -0.2) is 4.57 Å². The Morgan fingerprint density at radius 1 is 0.361 bits per heavy atom. The summed E-state index contributed by atoms with van der Waals surface area (Å²) < 4.78 is 9.54. The number of para-hydroxylation sites is 3. The number of nitrogens with zero attached hydrogens (tertiary/aromatic N) is 2. The molecule has 2 aromatic heterocycles. The highest BCUT2D eigenvalue weighted by Gasteiger charge is 2.25. The number of aromatic nitrogens is 1. The summed E-state index contributed by atoms with van der Waals surface area (Å²) in [6.45, 7) is 0. The molecule has 0 saturated carbocycles. The zero-order valence-corrected chi connectivity index (χ0v) is 33.2. The Balaban J connectivity index is 1.16. The fraction of sp³-hybridized carbons (Fsp3) is 0. The molecule has 0 bridgehead atoms. The van der Waals surface area contributed by atoms with Crippen LogP contribution in [0.25, 0.3) is 93.6 Å². The summed E-state index contributed by atoms with van der Waals surface area (Å²) in [5.74, 6) is 0. The molecule has 0 fully saturated rings. The zero-order chi connectivity index (χ0) is 40.3. The predicted octanol–water partition coefficient (Wildman–Crippen LogP) is 16.3. The van der Waals surface area contributed by atoms with E-state index in [4.69, 9.17) is 4.42 Å². The van der Waals surface area contributed by atoms with Crippen molar-refractivity contribution in [2.45, 2.75) is 0 Å². The van der Waals surface area contributed by atoms with Crippen LogP contribution in [0.5, 0.6) is 0 Å². The quantitative estimate of drug-likeness (QED) is 0.161. The average molecular weight is 779 g/mol. The van der Waals surface area contributed by atoms with Crippen molar-refractivity contribution in [1.82, 2.24) is 4.57 Å². The molecule has 0 N–H and O–H groups in total. The molecule has 10 aromatic carbocycles. The van der Waals surface area contributed by atoms with E-state index in [1.807, 2.05) is 0 Å². The molecule has 2 heterocycles. The number of hydrogen-bond donors (Lipinski definition) is 0. The normalized spacial score (nSPS) is 11.6. The van der Waals surface area contributed by atoms with Crippen LogP contribution in [0.3, 0.4) is 0 Å². The van der Waals surface area contributed by atoms with Gasteiger partial charge in [0.15, 0.2) is 0 Å². The molecule has 3 heteroatoms. The standard InChI is InChI=1S/C58H38N2O/c1-4-16-39(17-5-1)40-28-32-45(33-29-40)59(51-26-14-12-23-46(51)41-18-6-2-7-19-41)53-36-35-48(58-57(53)56-47-24-11-10-20-42(47)31-37-55(56)61-58)43-30-34-50-49-25-13-15-27-52(49)60(54(50)38-43)44-21-8-3-9-22-44/h1-38H. The Labute approximate surface area is 353 Å². The second kappa shape index (κ2) is 14.3. The first-order valence-electron chi connectivity index (χ1n) is 20.8. The van der Waals surface area contributed by atoms with Crippen molar-refractivity contribution in [3.63, 3.8) is 0 Å². The van der Waals surface area contributed by atoms with E-state index in [9.17, 15) is 0 Å². The molecule has 0 amide bonds. The molecule has 0 spiro atoms. The summed E-state index contributed by atoms with van der Waals surface area (Å²) in [5.41, 5.74) is 15.2.